The summed E-state index contributed by atoms with van der Waals surface area (Å²) in [5.74, 6) is -0.907. The Balaban J connectivity index is 2.77. The number of anilines is 1. The van der Waals surface area contributed by atoms with Crippen LogP contribution >= 0.6 is 15.9 Å². The third-order valence-electron chi connectivity index (χ3n) is 2.26. The topological polar surface area (TPSA) is 55.1 Å². The van der Waals surface area contributed by atoms with Crippen molar-refractivity contribution >= 4 is 27.5 Å². The molecule has 1 rings (SSSR count). The largest absolute Gasteiger partial charge is 0.330 e. The highest BCUT2D eigenvalue weighted by Gasteiger charge is 2.15. The maximum Gasteiger partial charge on any atom is 0.227 e. The number of para-hydroxylation sites is 1. The first kappa shape index (κ1) is 13.1. The molecule has 0 bridgehead atoms. The summed E-state index contributed by atoms with van der Waals surface area (Å²) in [6.45, 7) is 2.20. The number of carbonyl (C=O) groups is 1. The van der Waals surface area contributed by atoms with Gasteiger partial charge in [-0.2, -0.15) is 0 Å². The van der Waals surface area contributed by atoms with Gasteiger partial charge in [0.15, 0.2) is 0 Å². The van der Waals surface area contributed by atoms with Crippen LogP contribution in [0.25, 0.3) is 0 Å². The van der Waals surface area contributed by atoms with Crippen LogP contribution < -0.4 is 11.1 Å². The summed E-state index contributed by atoms with van der Waals surface area (Å²) in [7, 11) is 0. The van der Waals surface area contributed by atoms with Crippen LogP contribution in [0.2, 0.25) is 0 Å². The average Bonchev–Trinajstić information content (AvgIpc) is 2.23. The summed E-state index contributed by atoms with van der Waals surface area (Å²) in [5.41, 5.74) is 5.53. The highest BCUT2D eigenvalue weighted by atomic mass is 79.9. The fraction of sp³-hybridized carbons (Fsp3) is 0.364. The van der Waals surface area contributed by atoms with Crippen LogP contribution in [-0.2, 0) is 4.79 Å². The van der Waals surface area contributed by atoms with Crippen LogP contribution in [0.1, 0.15) is 13.3 Å². The van der Waals surface area contributed by atoms with Gasteiger partial charge in [-0.25, -0.2) is 4.39 Å². The number of rotatable bonds is 4. The number of hydrogen-bond acceptors (Lipinski definition) is 2. The Bertz CT molecular complexity index is 364. The summed E-state index contributed by atoms with van der Waals surface area (Å²) in [5, 5.41) is 2.55. The van der Waals surface area contributed by atoms with Crippen molar-refractivity contribution in [3.8, 4) is 0 Å². The maximum absolute atomic E-state index is 13.4. The molecular formula is C11H14BrFN2O. The zero-order valence-electron chi connectivity index (χ0n) is 8.97. The van der Waals surface area contributed by atoms with Crippen LogP contribution in [0.15, 0.2) is 22.7 Å². The van der Waals surface area contributed by atoms with E-state index in [9.17, 15) is 9.18 Å². The van der Waals surface area contributed by atoms with E-state index in [1.165, 1.54) is 6.07 Å². The Morgan fingerprint density at radius 1 is 1.62 bits per heavy atom. The predicted molar refractivity (Wildman–Crippen MR) is 65.6 cm³/mol. The van der Waals surface area contributed by atoms with Gasteiger partial charge in [-0.15, -0.1) is 0 Å². The molecule has 0 aliphatic carbocycles. The first-order valence-corrected chi connectivity index (χ1v) is 5.80. The quantitative estimate of drug-likeness (QED) is 0.894. The summed E-state index contributed by atoms with van der Waals surface area (Å²) in [6, 6.07) is 4.54. The normalized spacial score (nSPS) is 12.2. The molecule has 5 heteroatoms. The summed E-state index contributed by atoms with van der Waals surface area (Å²) in [6.07, 6.45) is 0.581. The molecule has 88 valence electrons. The molecule has 3 nitrogen and oxygen atoms in total. The first-order chi connectivity index (χ1) is 7.56. The van der Waals surface area contributed by atoms with Gasteiger partial charge < -0.3 is 11.1 Å². The number of nitrogens with two attached hydrogens (primary N) is 1. The van der Waals surface area contributed by atoms with Crippen molar-refractivity contribution in [2.24, 2.45) is 11.7 Å². The van der Waals surface area contributed by atoms with Crippen LogP contribution in [-0.4, -0.2) is 12.5 Å². The zero-order valence-corrected chi connectivity index (χ0v) is 10.6. The SMILES string of the molecule is CC(CCN)C(=O)Nc1c(F)cccc1Br. The Kier molecular flexibility index (Phi) is 4.89. The lowest BCUT2D eigenvalue weighted by Crippen LogP contribution is -2.23. The van der Waals surface area contributed by atoms with E-state index in [4.69, 9.17) is 5.73 Å². The molecule has 0 spiro atoms. The number of amides is 1. The number of carbonyl (C=O) groups excluding carboxylic acids is 1. The van der Waals surface area contributed by atoms with Crippen molar-refractivity contribution in [2.45, 2.75) is 13.3 Å². The van der Waals surface area contributed by atoms with E-state index < -0.39 is 5.82 Å². The van der Waals surface area contributed by atoms with Gasteiger partial charge in [-0.05, 0) is 41.0 Å². The molecule has 1 aromatic rings. The summed E-state index contributed by atoms with van der Waals surface area (Å²) < 4.78 is 13.9. The lowest BCUT2D eigenvalue weighted by molar-refractivity contribution is -0.119. The molecule has 3 N–H and O–H groups in total. The first-order valence-electron chi connectivity index (χ1n) is 5.01. The zero-order chi connectivity index (χ0) is 12.1. The fourth-order valence-corrected chi connectivity index (χ4v) is 1.69. The van der Waals surface area contributed by atoms with E-state index in [0.29, 0.717) is 17.4 Å². The molecule has 1 unspecified atom stereocenters. The minimum absolute atomic E-state index is 0.177. The molecule has 0 heterocycles. The average molecular weight is 289 g/mol. The molecule has 0 radical (unpaired) electrons. The van der Waals surface area contributed by atoms with Crippen molar-refractivity contribution in [1.29, 1.82) is 0 Å². The van der Waals surface area contributed by atoms with E-state index in [-0.39, 0.29) is 17.5 Å². The maximum atomic E-state index is 13.4. The Labute approximate surface area is 102 Å². The minimum atomic E-state index is -0.456. The molecule has 16 heavy (non-hydrogen) atoms. The van der Waals surface area contributed by atoms with Crippen molar-refractivity contribution in [3.63, 3.8) is 0 Å². The molecule has 0 aliphatic rings. The number of hydrogen-bond donors (Lipinski definition) is 2. The summed E-state index contributed by atoms with van der Waals surface area (Å²) >= 11 is 3.18. The Morgan fingerprint density at radius 3 is 2.88 bits per heavy atom. The second-order valence-corrected chi connectivity index (χ2v) is 4.42. The molecule has 0 fully saturated rings. The third kappa shape index (κ3) is 3.28. The van der Waals surface area contributed by atoms with Crippen molar-refractivity contribution < 1.29 is 9.18 Å². The Morgan fingerprint density at radius 2 is 2.31 bits per heavy atom. The third-order valence-corrected chi connectivity index (χ3v) is 2.92. The van der Waals surface area contributed by atoms with Crippen LogP contribution in [0.3, 0.4) is 0 Å². The lowest BCUT2D eigenvalue weighted by Gasteiger charge is -2.12. The second-order valence-electron chi connectivity index (χ2n) is 3.56. The minimum Gasteiger partial charge on any atom is -0.330 e. The molecule has 1 amide bonds. The van der Waals surface area contributed by atoms with E-state index in [2.05, 4.69) is 21.2 Å². The monoisotopic (exact) mass is 288 g/mol. The molecule has 1 aromatic carbocycles. The van der Waals surface area contributed by atoms with Gasteiger partial charge in [0.05, 0.1) is 5.69 Å². The molecule has 0 aromatic heterocycles. The van der Waals surface area contributed by atoms with Crippen molar-refractivity contribution in [1.82, 2.24) is 0 Å². The second kappa shape index (κ2) is 5.96. The molecule has 0 aliphatic heterocycles. The molecular weight excluding hydrogens is 275 g/mol. The molecule has 0 saturated carbocycles. The van der Waals surface area contributed by atoms with E-state index in [0.717, 1.165) is 0 Å². The van der Waals surface area contributed by atoms with E-state index >= 15 is 0 Å². The van der Waals surface area contributed by atoms with E-state index in [1.54, 1.807) is 19.1 Å². The number of benzene rings is 1. The lowest BCUT2D eigenvalue weighted by atomic mass is 10.1. The Hall–Kier alpha value is -0.940. The number of halogens is 2. The van der Waals surface area contributed by atoms with Gasteiger partial charge in [0.25, 0.3) is 0 Å². The number of nitrogens with one attached hydrogen (secondary N) is 1. The van der Waals surface area contributed by atoms with Gasteiger partial charge in [0.2, 0.25) is 5.91 Å². The van der Waals surface area contributed by atoms with Crippen LogP contribution in [0.5, 0.6) is 0 Å². The fourth-order valence-electron chi connectivity index (χ4n) is 1.24. The summed E-state index contributed by atoms with van der Waals surface area (Å²) in [4.78, 5) is 11.7. The van der Waals surface area contributed by atoms with Gasteiger partial charge in [-0.3, -0.25) is 4.79 Å². The smallest absolute Gasteiger partial charge is 0.227 e. The van der Waals surface area contributed by atoms with Gasteiger partial charge in [0.1, 0.15) is 5.82 Å². The molecule has 0 saturated heterocycles. The van der Waals surface area contributed by atoms with Crippen molar-refractivity contribution in [2.75, 3.05) is 11.9 Å². The van der Waals surface area contributed by atoms with E-state index in [1.807, 2.05) is 0 Å². The van der Waals surface area contributed by atoms with Crippen LogP contribution in [0.4, 0.5) is 10.1 Å². The van der Waals surface area contributed by atoms with Gasteiger partial charge in [-0.1, -0.05) is 13.0 Å². The highest BCUT2D eigenvalue weighted by molar-refractivity contribution is 9.10. The van der Waals surface area contributed by atoms with Crippen molar-refractivity contribution in [3.05, 3.63) is 28.5 Å². The highest BCUT2D eigenvalue weighted by Crippen LogP contribution is 2.25. The molecule has 1 atom stereocenters. The predicted octanol–water partition coefficient (Wildman–Crippen LogP) is 2.51. The van der Waals surface area contributed by atoms with Gasteiger partial charge >= 0.3 is 0 Å². The standard InChI is InChI=1S/C11H14BrFN2O/c1-7(5-6-14)11(16)15-10-8(12)3-2-4-9(10)13/h2-4,7H,5-6,14H2,1H3,(H,15,16). The van der Waals surface area contributed by atoms with Crippen LogP contribution in [0, 0.1) is 11.7 Å². The van der Waals surface area contributed by atoms with Gasteiger partial charge in [0, 0.05) is 10.4 Å².